The fourth-order valence-corrected chi connectivity index (χ4v) is 5.48. The minimum atomic E-state index is -0.394. The van der Waals surface area contributed by atoms with Crippen LogP contribution in [0.3, 0.4) is 0 Å². The molecule has 0 heterocycles. The lowest BCUT2D eigenvalue weighted by Gasteiger charge is -2.22. The molecule has 6 heteroatoms. The van der Waals surface area contributed by atoms with Crippen LogP contribution in [0.4, 0.5) is 5.69 Å². The Morgan fingerprint density at radius 1 is 0.833 bits per heavy atom. The molecule has 0 aliphatic heterocycles. The van der Waals surface area contributed by atoms with E-state index in [0.29, 0.717) is 33.7 Å². The van der Waals surface area contributed by atoms with Crippen molar-refractivity contribution in [2.45, 2.75) is 32.5 Å². The van der Waals surface area contributed by atoms with E-state index in [4.69, 9.17) is 16.0 Å². The molecular formula is C30H27NO5. The molecule has 5 rings (SSSR count). The summed E-state index contributed by atoms with van der Waals surface area (Å²) in [5, 5.41) is 33.0. The molecule has 0 atom stereocenters. The van der Waals surface area contributed by atoms with Crippen LogP contribution < -0.4 is 9.47 Å². The molecule has 36 heavy (non-hydrogen) atoms. The highest BCUT2D eigenvalue weighted by atomic mass is 16.5. The molecule has 0 bridgehead atoms. The number of phenols is 1. The quantitative estimate of drug-likeness (QED) is 0.301. The maximum absolute atomic E-state index is 11.2. The largest absolute Gasteiger partial charge is 0.507 e. The van der Waals surface area contributed by atoms with E-state index in [1.807, 2.05) is 36.4 Å². The fraction of sp³-hybridized carbons (Fsp3) is 0.233. The van der Waals surface area contributed by atoms with Crippen LogP contribution in [0.5, 0.6) is 17.2 Å². The maximum Gasteiger partial charge on any atom is 0.187 e. The van der Waals surface area contributed by atoms with Gasteiger partial charge in [-0.05, 0) is 74.7 Å². The zero-order valence-corrected chi connectivity index (χ0v) is 20.6. The molecule has 0 fully saturated rings. The van der Waals surface area contributed by atoms with Crippen LogP contribution in [0.1, 0.15) is 36.1 Å². The average molecular weight is 482 g/mol. The molecule has 3 N–H and O–H groups in total. The van der Waals surface area contributed by atoms with Crippen molar-refractivity contribution >= 4 is 16.5 Å². The molecule has 1 aliphatic carbocycles. The summed E-state index contributed by atoms with van der Waals surface area (Å²) < 4.78 is 10.9. The minimum absolute atomic E-state index is 0.142. The Balaban J connectivity index is 1.82. The Labute approximate surface area is 209 Å². The number of ether oxygens (including phenoxy) is 2. The number of hydrogen-bond donors (Lipinski definition) is 3. The summed E-state index contributed by atoms with van der Waals surface area (Å²) in [7, 11) is 3.05. The molecule has 0 amide bonds. The lowest BCUT2D eigenvalue weighted by atomic mass is 9.81. The molecule has 182 valence electrons. The standard InChI is InChI=1S/C30H27NO5/c1-30(2)24-11-19(31-3)6-7-20(24)28-23-9-17(14-32)21(12-22(23)26(34)13-25(28)30)16-8-18(15-33)29(36-5)27(10-16)35-4/h6-13,32-34H,14-15H2,1-2,4-5H3. The number of rotatable bonds is 5. The summed E-state index contributed by atoms with van der Waals surface area (Å²) in [6, 6.07) is 14.9. The van der Waals surface area contributed by atoms with Gasteiger partial charge in [0.15, 0.2) is 17.2 Å². The molecular weight excluding hydrogens is 454 g/mol. The van der Waals surface area contributed by atoms with E-state index in [1.54, 1.807) is 12.1 Å². The summed E-state index contributed by atoms with van der Waals surface area (Å²) in [4.78, 5) is 3.60. The topological polar surface area (TPSA) is 83.5 Å². The summed E-state index contributed by atoms with van der Waals surface area (Å²) in [6.45, 7) is 11.2. The van der Waals surface area contributed by atoms with Gasteiger partial charge in [-0.2, -0.15) is 0 Å². The van der Waals surface area contributed by atoms with E-state index in [1.165, 1.54) is 14.2 Å². The number of phenolic OH excluding ortho intramolecular Hbond substituents is 1. The molecule has 6 nitrogen and oxygen atoms in total. The van der Waals surface area contributed by atoms with E-state index >= 15 is 0 Å². The molecule has 0 unspecified atom stereocenters. The number of fused-ring (bicyclic) bond motifs is 5. The van der Waals surface area contributed by atoms with Crippen LogP contribution in [-0.2, 0) is 18.6 Å². The third-order valence-electron chi connectivity index (χ3n) is 7.29. The van der Waals surface area contributed by atoms with Crippen molar-refractivity contribution in [1.29, 1.82) is 0 Å². The highest BCUT2D eigenvalue weighted by Gasteiger charge is 2.37. The second-order valence-electron chi connectivity index (χ2n) is 9.53. The first-order chi connectivity index (χ1) is 17.3. The third kappa shape index (κ3) is 3.32. The number of benzene rings is 4. The van der Waals surface area contributed by atoms with E-state index in [0.717, 1.165) is 38.8 Å². The maximum atomic E-state index is 11.2. The van der Waals surface area contributed by atoms with E-state index < -0.39 is 5.41 Å². The fourth-order valence-electron chi connectivity index (χ4n) is 5.48. The lowest BCUT2D eigenvalue weighted by Crippen LogP contribution is -2.14. The van der Waals surface area contributed by atoms with Crippen LogP contribution in [0, 0.1) is 6.57 Å². The highest BCUT2D eigenvalue weighted by molar-refractivity contribution is 6.07. The molecule has 0 radical (unpaired) electrons. The first-order valence-electron chi connectivity index (χ1n) is 11.6. The smallest absolute Gasteiger partial charge is 0.187 e. The third-order valence-corrected chi connectivity index (χ3v) is 7.29. The molecule has 0 saturated carbocycles. The van der Waals surface area contributed by atoms with Crippen molar-refractivity contribution < 1.29 is 24.8 Å². The first-order valence-corrected chi connectivity index (χ1v) is 11.6. The predicted molar refractivity (Wildman–Crippen MR) is 140 cm³/mol. The average Bonchev–Trinajstić information content (AvgIpc) is 3.12. The van der Waals surface area contributed by atoms with Gasteiger partial charge < -0.3 is 24.8 Å². The summed E-state index contributed by atoms with van der Waals surface area (Å²) in [5.74, 6) is 1.06. The van der Waals surface area contributed by atoms with Gasteiger partial charge in [-0.15, -0.1) is 0 Å². The van der Waals surface area contributed by atoms with Gasteiger partial charge in [0.2, 0.25) is 0 Å². The zero-order valence-electron chi connectivity index (χ0n) is 20.6. The second-order valence-corrected chi connectivity index (χ2v) is 9.53. The Hall–Kier alpha value is -4.05. The van der Waals surface area contributed by atoms with Gasteiger partial charge in [0.25, 0.3) is 0 Å². The number of aliphatic hydroxyl groups excluding tert-OH is 2. The van der Waals surface area contributed by atoms with Gasteiger partial charge in [0, 0.05) is 16.4 Å². The van der Waals surface area contributed by atoms with Gasteiger partial charge in [-0.1, -0.05) is 32.0 Å². The van der Waals surface area contributed by atoms with Gasteiger partial charge in [0.1, 0.15) is 5.75 Å². The number of hydrogen-bond acceptors (Lipinski definition) is 5. The van der Waals surface area contributed by atoms with Crippen LogP contribution >= 0.6 is 0 Å². The molecule has 1 aliphatic rings. The molecule has 0 spiro atoms. The molecule has 4 aromatic carbocycles. The first kappa shape index (κ1) is 23.7. The van der Waals surface area contributed by atoms with Crippen LogP contribution in [0.25, 0.3) is 37.9 Å². The Morgan fingerprint density at radius 3 is 2.22 bits per heavy atom. The van der Waals surface area contributed by atoms with Gasteiger partial charge in [-0.3, -0.25) is 0 Å². The number of nitrogens with zero attached hydrogens (tertiary/aromatic N) is 1. The van der Waals surface area contributed by atoms with Gasteiger partial charge in [-0.25, -0.2) is 4.85 Å². The normalized spacial score (nSPS) is 13.2. The highest BCUT2D eigenvalue weighted by Crippen LogP contribution is 2.54. The van der Waals surface area contributed by atoms with Crippen molar-refractivity contribution in [1.82, 2.24) is 0 Å². The van der Waals surface area contributed by atoms with Crippen molar-refractivity contribution in [2.75, 3.05) is 14.2 Å². The molecule has 0 aromatic heterocycles. The summed E-state index contributed by atoms with van der Waals surface area (Å²) in [6.07, 6.45) is 0. The Bertz CT molecular complexity index is 1550. The van der Waals surface area contributed by atoms with E-state index in [9.17, 15) is 15.3 Å². The zero-order chi connectivity index (χ0) is 25.8. The van der Waals surface area contributed by atoms with Crippen LogP contribution in [-0.4, -0.2) is 29.5 Å². The number of aromatic hydroxyl groups is 1. The van der Waals surface area contributed by atoms with Crippen molar-refractivity contribution in [3.05, 3.63) is 82.2 Å². The van der Waals surface area contributed by atoms with Gasteiger partial charge in [0.05, 0.1) is 34.0 Å². The second kappa shape index (κ2) is 8.56. The van der Waals surface area contributed by atoms with Crippen LogP contribution in [0.15, 0.2) is 48.5 Å². The van der Waals surface area contributed by atoms with Crippen molar-refractivity contribution in [2.24, 2.45) is 0 Å². The SMILES string of the molecule is [C-]#[N+]c1ccc2c(c1)C(C)(C)c1cc(O)c3cc(-c4cc(CO)c(OC)c(OC)c4)c(CO)cc3c1-2. The summed E-state index contributed by atoms with van der Waals surface area (Å²) >= 11 is 0. The van der Waals surface area contributed by atoms with Gasteiger partial charge >= 0.3 is 0 Å². The molecule has 0 saturated heterocycles. The number of aliphatic hydroxyl groups is 2. The minimum Gasteiger partial charge on any atom is -0.507 e. The number of methoxy groups -OCH3 is 2. The Kier molecular flexibility index (Phi) is 5.63. The summed E-state index contributed by atoms with van der Waals surface area (Å²) in [5.41, 5.74) is 6.91. The van der Waals surface area contributed by atoms with Crippen molar-refractivity contribution in [3.63, 3.8) is 0 Å². The Morgan fingerprint density at radius 2 is 1.58 bits per heavy atom. The van der Waals surface area contributed by atoms with Crippen molar-refractivity contribution in [3.8, 4) is 39.5 Å². The van der Waals surface area contributed by atoms with E-state index in [-0.39, 0.29) is 19.0 Å². The van der Waals surface area contributed by atoms with Crippen LogP contribution in [0.2, 0.25) is 0 Å². The van der Waals surface area contributed by atoms with E-state index in [2.05, 4.69) is 18.7 Å². The molecule has 4 aromatic rings. The monoisotopic (exact) mass is 481 g/mol. The predicted octanol–water partition coefficient (Wildman–Crippen LogP) is 6.07. The lowest BCUT2D eigenvalue weighted by molar-refractivity contribution is 0.270.